The van der Waals surface area contributed by atoms with E-state index in [1.807, 2.05) is 0 Å². The lowest BCUT2D eigenvalue weighted by Crippen LogP contribution is -2.30. The van der Waals surface area contributed by atoms with Crippen LogP contribution in [0.1, 0.15) is 348 Å². The van der Waals surface area contributed by atoms with Crippen molar-refractivity contribution in [3.63, 3.8) is 0 Å². The molecule has 0 amide bonds. The van der Waals surface area contributed by atoms with Crippen LogP contribution in [0.25, 0.3) is 0 Å². The van der Waals surface area contributed by atoms with Crippen molar-refractivity contribution in [2.24, 2.45) is 0 Å². The molecule has 0 N–H and O–H groups in total. The predicted octanol–water partition coefficient (Wildman–Crippen LogP) is 23.3. The highest BCUT2D eigenvalue weighted by molar-refractivity contribution is 5.71. The average Bonchev–Trinajstić information content (AvgIpc) is 3.44. The maximum atomic E-state index is 12.9. The van der Waals surface area contributed by atoms with Gasteiger partial charge in [-0.15, -0.1) is 0 Å². The lowest BCUT2D eigenvalue weighted by Gasteiger charge is -2.18. The first kappa shape index (κ1) is 74.8. The van der Waals surface area contributed by atoms with Crippen LogP contribution in [-0.2, 0) is 28.6 Å². The molecule has 0 aromatic carbocycles. The number of esters is 3. The first-order chi connectivity index (χ1) is 38.5. The fraction of sp³-hybridized carbons (Fsp3) is 0.792. The minimum absolute atomic E-state index is 0.0713. The number of hydrogen-bond acceptors (Lipinski definition) is 6. The summed E-state index contributed by atoms with van der Waals surface area (Å²) in [7, 11) is 0. The van der Waals surface area contributed by atoms with Gasteiger partial charge in [0.05, 0.1) is 0 Å². The Balaban J connectivity index is 4.00. The number of hydrogen-bond donors (Lipinski definition) is 0. The molecule has 452 valence electrons. The van der Waals surface area contributed by atoms with Crippen LogP contribution in [0.15, 0.2) is 72.9 Å². The third-order valence-corrected chi connectivity index (χ3v) is 14.9. The molecule has 0 heterocycles. The lowest BCUT2D eigenvalue weighted by atomic mass is 10.0. The van der Waals surface area contributed by atoms with Crippen molar-refractivity contribution >= 4 is 17.9 Å². The highest BCUT2D eigenvalue weighted by Gasteiger charge is 2.19. The van der Waals surface area contributed by atoms with Gasteiger partial charge in [0, 0.05) is 19.3 Å². The topological polar surface area (TPSA) is 78.9 Å². The third kappa shape index (κ3) is 63.7. The first-order valence-electron chi connectivity index (χ1n) is 33.9. The van der Waals surface area contributed by atoms with E-state index in [4.69, 9.17) is 14.2 Å². The monoisotopic (exact) mass is 1090 g/mol. The molecule has 0 aliphatic heterocycles. The molecule has 0 radical (unpaired) electrons. The summed E-state index contributed by atoms with van der Waals surface area (Å²) in [6.45, 7) is 6.53. The molecule has 6 nitrogen and oxygen atoms in total. The Kier molecular flexibility index (Phi) is 63.7. The fourth-order valence-electron chi connectivity index (χ4n) is 9.88. The van der Waals surface area contributed by atoms with Gasteiger partial charge in [0.1, 0.15) is 13.2 Å². The van der Waals surface area contributed by atoms with Gasteiger partial charge < -0.3 is 14.2 Å². The molecule has 0 bridgehead atoms. The molecule has 0 aromatic rings. The number of ether oxygens (including phenoxy) is 3. The summed E-state index contributed by atoms with van der Waals surface area (Å²) in [5, 5.41) is 0. The van der Waals surface area contributed by atoms with Crippen LogP contribution in [0.4, 0.5) is 0 Å². The minimum Gasteiger partial charge on any atom is -0.462 e. The Bertz CT molecular complexity index is 1440. The van der Waals surface area contributed by atoms with Crippen LogP contribution in [0.2, 0.25) is 0 Å². The summed E-state index contributed by atoms with van der Waals surface area (Å²) in [5.41, 5.74) is 0. The minimum atomic E-state index is -0.772. The van der Waals surface area contributed by atoms with Crippen LogP contribution in [0.3, 0.4) is 0 Å². The predicted molar refractivity (Wildman–Crippen MR) is 339 cm³/mol. The average molecular weight is 1090 g/mol. The zero-order valence-corrected chi connectivity index (χ0v) is 51.9. The van der Waals surface area contributed by atoms with Crippen molar-refractivity contribution in [3.05, 3.63) is 72.9 Å². The van der Waals surface area contributed by atoms with E-state index < -0.39 is 6.10 Å². The molecule has 0 aliphatic rings. The Morgan fingerprint density at radius 1 is 0.269 bits per heavy atom. The summed E-state index contributed by atoms with van der Waals surface area (Å²) in [4.78, 5) is 38.1. The molecule has 1 atom stereocenters. The summed E-state index contributed by atoms with van der Waals surface area (Å²) in [5.74, 6) is -0.862. The lowest BCUT2D eigenvalue weighted by molar-refractivity contribution is -0.167. The molecule has 0 spiro atoms. The van der Waals surface area contributed by atoms with Crippen LogP contribution < -0.4 is 0 Å². The van der Waals surface area contributed by atoms with Gasteiger partial charge in [-0.25, -0.2) is 0 Å². The van der Waals surface area contributed by atoms with Gasteiger partial charge >= 0.3 is 17.9 Å². The van der Waals surface area contributed by atoms with Crippen molar-refractivity contribution < 1.29 is 28.6 Å². The number of carbonyl (C=O) groups is 3. The SMILES string of the molecule is CC/C=C\C/C=C\C/C=C\C/C=C\C/C=C\CCCCCCCCCCCCCCCCCCCCCC(=O)OCC(COC(=O)CCCCCCCCCC)OC(=O)CCCCCCCCC/C=C\CCCCCCCC. The summed E-state index contributed by atoms with van der Waals surface area (Å²) < 4.78 is 16.9. The number of rotatable bonds is 62. The zero-order chi connectivity index (χ0) is 56.4. The standard InChI is InChI=1S/C72H128O6/c1-4-7-10-13-16-19-21-23-25-27-28-29-30-31-32-33-34-35-36-37-38-39-40-41-42-43-44-46-47-49-51-53-56-59-62-65-71(74)77-68-69(67-76-70(73)64-61-58-55-18-15-12-9-6-3)78-72(75)66-63-60-57-54-52-50-48-45-26-24-22-20-17-14-11-8-5-2/h7,10,16,19,23-26,28-29,31-32,69H,4-6,8-9,11-15,17-18,20-22,27,30,33-68H2,1-3H3/b10-7-,19-16-,25-23-,26-24-,29-28-,32-31-. The molecule has 0 aromatic heterocycles. The van der Waals surface area contributed by atoms with Gasteiger partial charge in [-0.1, -0.05) is 312 Å². The van der Waals surface area contributed by atoms with E-state index in [1.165, 1.54) is 218 Å². The molecular weight excluding hydrogens is 961 g/mol. The highest BCUT2D eigenvalue weighted by atomic mass is 16.6. The molecule has 1 unspecified atom stereocenters. The molecule has 0 saturated heterocycles. The summed E-state index contributed by atoms with van der Waals surface area (Å²) in [6.07, 6.45) is 86.7. The fourth-order valence-corrected chi connectivity index (χ4v) is 9.88. The Hall–Kier alpha value is -3.15. The Morgan fingerprint density at radius 2 is 0.500 bits per heavy atom. The number of allylic oxidation sites excluding steroid dienone is 12. The normalized spacial score (nSPS) is 12.5. The molecule has 0 fully saturated rings. The van der Waals surface area contributed by atoms with E-state index in [-0.39, 0.29) is 31.1 Å². The van der Waals surface area contributed by atoms with Gasteiger partial charge in [-0.05, 0) is 89.9 Å². The van der Waals surface area contributed by atoms with E-state index >= 15 is 0 Å². The van der Waals surface area contributed by atoms with Gasteiger partial charge in [0.25, 0.3) is 0 Å². The maximum Gasteiger partial charge on any atom is 0.306 e. The van der Waals surface area contributed by atoms with Crippen molar-refractivity contribution in [1.82, 2.24) is 0 Å². The van der Waals surface area contributed by atoms with Crippen molar-refractivity contribution in [3.8, 4) is 0 Å². The Labute approximate surface area is 484 Å². The second-order valence-corrected chi connectivity index (χ2v) is 22.7. The maximum absolute atomic E-state index is 12.9. The molecule has 78 heavy (non-hydrogen) atoms. The van der Waals surface area contributed by atoms with Crippen molar-refractivity contribution in [2.45, 2.75) is 354 Å². The van der Waals surface area contributed by atoms with Gasteiger partial charge in [0.2, 0.25) is 0 Å². The van der Waals surface area contributed by atoms with Crippen LogP contribution in [0, 0.1) is 0 Å². The van der Waals surface area contributed by atoms with Crippen molar-refractivity contribution in [1.29, 1.82) is 0 Å². The van der Waals surface area contributed by atoms with E-state index in [0.717, 1.165) is 89.9 Å². The van der Waals surface area contributed by atoms with Gasteiger partial charge in [-0.3, -0.25) is 14.4 Å². The van der Waals surface area contributed by atoms with E-state index in [0.29, 0.717) is 19.3 Å². The van der Waals surface area contributed by atoms with E-state index in [9.17, 15) is 14.4 Å². The molecule has 0 saturated carbocycles. The second kappa shape index (κ2) is 66.4. The van der Waals surface area contributed by atoms with Crippen LogP contribution in [0.5, 0.6) is 0 Å². The third-order valence-electron chi connectivity index (χ3n) is 14.9. The number of unbranched alkanes of at least 4 members (excludes halogenated alkanes) is 39. The van der Waals surface area contributed by atoms with Crippen LogP contribution in [-0.4, -0.2) is 37.2 Å². The quantitative estimate of drug-likeness (QED) is 0.0261. The van der Waals surface area contributed by atoms with Crippen molar-refractivity contribution in [2.75, 3.05) is 13.2 Å². The number of carbonyl (C=O) groups excluding carboxylic acids is 3. The summed E-state index contributed by atoms with van der Waals surface area (Å²) >= 11 is 0. The molecule has 0 aliphatic carbocycles. The van der Waals surface area contributed by atoms with Crippen LogP contribution >= 0.6 is 0 Å². The van der Waals surface area contributed by atoms with E-state index in [1.54, 1.807) is 0 Å². The van der Waals surface area contributed by atoms with Gasteiger partial charge in [0.15, 0.2) is 6.10 Å². The zero-order valence-electron chi connectivity index (χ0n) is 51.9. The molecule has 6 heteroatoms. The molecular formula is C72H128O6. The largest absolute Gasteiger partial charge is 0.462 e. The molecule has 0 rings (SSSR count). The second-order valence-electron chi connectivity index (χ2n) is 22.7. The van der Waals surface area contributed by atoms with Gasteiger partial charge in [-0.2, -0.15) is 0 Å². The first-order valence-corrected chi connectivity index (χ1v) is 33.9. The Morgan fingerprint density at radius 3 is 0.795 bits per heavy atom. The smallest absolute Gasteiger partial charge is 0.306 e. The highest BCUT2D eigenvalue weighted by Crippen LogP contribution is 2.17. The summed E-state index contributed by atoms with van der Waals surface area (Å²) in [6, 6.07) is 0. The van der Waals surface area contributed by atoms with E-state index in [2.05, 4.69) is 93.7 Å².